The number of hydrogen-bond donors (Lipinski definition) is 2. The normalized spacial score (nSPS) is 10.1. The van der Waals surface area contributed by atoms with E-state index in [1.807, 2.05) is 121 Å². The van der Waals surface area contributed by atoms with Gasteiger partial charge in [-0.1, -0.05) is 121 Å². The number of aromatic nitrogens is 2. The summed E-state index contributed by atoms with van der Waals surface area (Å²) in [7, 11) is 0. The molecule has 8 aromatic rings. The summed E-state index contributed by atoms with van der Waals surface area (Å²) in [5.41, 5.74) is 4.84. The Balaban J connectivity index is 0.000000191. The molecule has 0 aliphatic carbocycles. The molecule has 0 unspecified atom stereocenters. The summed E-state index contributed by atoms with van der Waals surface area (Å²) in [4.78, 5) is 55.0. The predicted octanol–water partition coefficient (Wildman–Crippen LogP) is 10.3. The van der Waals surface area contributed by atoms with Crippen molar-refractivity contribution in [3.8, 4) is 23.0 Å². The van der Waals surface area contributed by atoms with Crippen LogP contribution in [-0.4, -0.2) is 44.1 Å². The summed E-state index contributed by atoms with van der Waals surface area (Å²) in [6, 6.07) is 53.4. The quantitative estimate of drug-likeness (QED) is 0.0734. The number of phenolic OH excluding ortho intramolecular Hbond substituents is 1. The molecule has 0 radical (unpaired) electrons. The molecule has 0 atom stereocenters. The number of aromatic carboxylic acids is 1. The van der Waals surface area contributed by atoms with Crippen LogP contribution in [0.1, 0.15) is 63.7 Å². The Morgan fingerprint density at radius 3 is 1.25 bits per heavy atom. The fourth-order valence-corrected chi connectivity index (χ4v) is 5.80. The molecule has 0 bridgehead atoms. The number of carbonyl (C=O) groups is 4. The Morgan fingerprint density at radius 1 is 0.403 bits per heavy atom. The third-order valence-corrected chi connectivity index (χ3v) is 9.28. The minimum absolute atomic E-state index is 0.0180. The fourth-order valence-electron chi connectivity index (χ4n) is 5.80. The number of nitrogens with zero attached hydrogens (tertiary/aromatic N) is 2. The molecule has 2 aromatic heterocycles. The van der Waals surface area contributed by atoms with E-state index in [9.17, 15) is 24.3 Å². The van der Waals surface area contributed by atoms with Crippen LogP contribution < -0.4 is 14.2 Å². The van der Waals surface area contributed by atoms with Crippen molar-refractivity contribution in [1.29, 1.82) is 0 Å². The predicted molar refractivity (Wildman–Crippen MR) is 248 cm³/mol. The minimum Gasteiger partial charge on any atom is -0.504 e. The van der Waals surface area contributed by atoms with Crippen molar-refractivity contribution in [2.24, 2.45) is 0 Å². The van der Waals surface area contributed by atoms with Crippen molar-refractivity contribution < 1.29 is 53.1 Å². The highest BCUT2D eigenvalue weighted by molar-refractivity contribution is 5.93. The lowest BCUT2D eigenvalue weighted by molar-refractivity contribution is 0.0463. The Hall–Kier alpha value is -9.10. The van der Waals surface area contributed by atoms with E-state index in [-0.39, 0.29) is 53.9 Å². The van der Waals surface area contributed by atoms with Gasteiger partial charge in [0.1, 0.15) is 26.4 Å². The molecule has 0 aliphatic rings. The second-order valence-electron chi connectivity index (χ2n) is 14.2. The van der Waals surface area contributed by atoms with Gasteiger partial charge in [-0.05, 0) is 82.9 Å². The Kier molecular flexibility index (Phi) is 17.9. The second-order valence-corrected chi connectivity index (χ2v) is 14.2. The summed E-state index contributed by atoms with van der Waals surface area (Å²) in [6.07, 6.45) is 5.83. The van der Waals surface area contributed by atoms with Crippen molar-refractivity contribution in [2.45, 2.75) is 26.4 Å². The summed E-state index contributed by atoms with van der Waals surface area (Å²) in [5, 5.41) is 18.3. The van der Waals surface area contributed by atoms with E-state index in [4.69, 9.17) is 28.8 Å². The van der Waals surface area contributed by atoms with Gasteiger partial charge in [-0.3, -0.25) is 9.97 Å². The second kappa shape index (κ2) is 25.3. The zero-order chi connectivity index (χ0) is 47.1. The molecule has 6 aromatic carbocycles. The van der Waals surface area contributed by atoms with Crippen molar-refractivity contribution in [3.63, 3.8) is 0 Å². The highest BCUT2D eigenvalue weighted by atomic mass is 16.6. The smallest absolute Gasteiger partial charge is 0.345 e. The number of pyridine rings is 2. The molecular weight excluding hydrogens is 853 g/mol. The Labute approximate surface area is 386 Å². The number of rotatable bonds is 15. The number of carboxylic acid groups (broad SMARTS) is 1. The lowest BCUT2D eigenvalue weighted by Crippen LogP contribution is -2.11. The number of hydrogen-bond acceptors (Lipinski definition) is 12. The fraction of sp³-hybridized carbons (Fsp3) is 0.0741. The molecule has 8 rings (SSSR count). The molecule has 0 spiro atoms. The lowest BCUT2D eigenvalue weighted by atomic mass is 10.2. The summed E-state index contributed by atoms with van der Waals surface area (Å²) < 4.78 is 27.8. The van der Waals surface area contributed by atoms with Crippen LogP contribution in [0.5, 0.6) is 23.0 Å². The minimum atomic E-state index is -0.942. The van der Waals surface area contributed by atoms with Gasteiger partial charge in [0, 0.05) is 24.8 Å². The number of aromatic hydroxyl groups is 1. The van der Waals surface area contributed by atoms with Gasteiger partial charge in [-0.25, -0.2) is 19.2 Å². The molecule has 2 heterocycles. The van der Waals surface area contributed by atoms with Crippen molar-refractivity contribution in [2.75, 3.05) is 0 Å². The van der Waals surface area contributed by atoms with Crippen LogP contribution in [-0.2, 0) is 35.9 Å². The van der Waals surface area contributed by atoms with Crippen molar-refractivity contribution >= 4 is 23.9 Å². The summed E-state index contributed by atoms with van der Waals surface area (Å²) in [6.45, 7) is 0.885. The molecule has 0 aliphatic heterocycles. The molecule has 0 amide bonds. The third-order valence-electron chi connectivity index (χ3n) is 9.28. The van der Waals surface area contributed by atoms with Gasteiger partial charge in [-0.15, -0.1) is 0 Å². The first-order valence-electron chi connectivity index (χ1n) is 20.7. The van der Waals surface area contributed by atoms with E-state index in [1.165, 1.54) is 61.1 Å². The first-order chi connectivity index (χ1) is 32.7. The Bertz CT molecular complexity index is 2800. The van der Waals surface area contributed by atoms with Crippen LogP contribution in [0.4, 0.5) is 0 Å². The molecule has 13 nitrogen and oxygen atoms in total. The van der Waals surface area contributed by atoms with E-state index in [0.717, 1.165) is 22.3 Å². The molecule has 67 heavy (non-hydrogen) atoms. The van der Waals surface area contributed by atoms with Gasteiger partial charge < -0.3 is 33.9 Å². The average molecular weight is 897 g/mol. The highest BCUT2D eigenvalue weighted by Gasteiger charge is 2.18. The molecule has 336 valence electrons. The van der Waals surface area contributed by atoms with E-state index in [2.05, 4.69) is 9.97 Å². The molecule has 0 saturated heterocycles. The summed E-state index contributed by atoms with van der Waals surface area (Å²) >= 11 is 0. The van der Waals surface area contributed by atoms with E-state index < -0.39 is 23.9 Å². The van der Waals surface area contributed by atoms with E-state index in [0.29, 0.717) is 17.7 Å². The number of carbonyl (C=O) groups excluding carboxylic acids is 3. The van der Waals surface area contributed by atoms with Gasteiger partial charge in [0.25, 0.3) is 0 Å². The molecule has 2 N–H and O–H groups in total. The van der Waals surface area contributed by atoms with Gasteiger partial charge in [0.15, 0.2) is 23.0 Å². The van der Waals surface area contributed by atoms with Crippen LogP contribution in [0.3, 0.4) is 0 Å². The zero-order valence-electron chi connectivity index (χ0n) is 35.9. The van der Waals surface area contributed by atoms with Gasteiger partial charge in [0.2, 0.25) is 0 Å². The first-order valence-corrected chi connectivity index (χ1v) is 20.7. The van der Waals surface area contributed by atoms with Gasteiger partial charge in [-0.2, -0.15) is 0 Å². The largest absolute Gasteiger partial charge is 0.504 e. The zero-order valence-corrected chi connectivity index (χ0v) is 35.9. The maximum absolute atomic E-state index is 12.6. The van der Waals surface area contributed by atoms with Crippen molar-refractivity contribution in [1.82, 2.24) is 9.97 Å². The number of esters is 3. The monoisotopic (exact) mass is 896 g/mol. The van der Waals surface area contributed by atoms with Gasteiger partial charge in [0.05, 0.1) is 22.3 Å². The van der Waals surface area contributed by atoms with Crippen LogP contribution >= 0.6 is 0 Å². The van der Waals surface area contributed by atoms with Crippen LogP contribution in [0.15, 0.2) is 207 Å². The first kappa shape index (κ1) is 47.4. The lowest BCUT2D eigenvalue weighted by Gasteiger charge is -2.13. The van der Waals surface area contributed by atoms with E-state index in [1.54, 1.807) is 24.4 Å². The maximum Gasteiger partial charge on any atom is 0.345 e. The Morgan fingerprint density at radius 2 is 0.821 bits per heavy atom. The number of carboxylic acids is 1. The standard InChI is InChI=1S/C27H21NO5.C21H18O4.C6H5NO2/c29-26(32-19-21-10-5-2-6-11-21)22-13-14-24(33-27(30)23-12-7-15-28-17-23)25(16-22)31-18-20-8-3-1-4-9-20;22-19-12-11-18(21(23)25-15-17-9-5-2-6-10-17)13-20(19)24-14-16-7-3-1-4-8-16;8-6(9)5-2-1-3-7-4-5/h1-17H,18-19H2;1-13,22H,14-15H2;1-4H,(H,8,9). The molecule has 0 fully saturated rings. The molecular formula is C54H44N2O11. The SMILES string of the molecule is O=C(O)c1cccnc1.O=C(OCc1ccccc1)c1ccc(O)c(OCc2ccccc2)c1.O=C(OCc1ccccc1)c1ccc(OC(=O)c2cccnc2)c(OCc2ccccc2)c1. The molecule has 13 heteroatoms. The maximum atomic E-state index is 12.6. The van der Waals surface area contributed by atoms with E-state index >= 15 is 0 Å². The number of ether oxygens (including phenoxy) is 5. The topological polar surface area (TPSA) is 181 Å². The van der Waals surface area contributed by atoms with Crippen LogP contribution in [0, 0.1) is 0 Å². The van der Waals surface area contributed by atoms with Gasteiger partial charge >= 0.3 is 23.9 Å². The van der Waals surface area contributed by atoms with Crippen LogP contribution in [0.2, 0.25) is 0 Å². The summed E-state index contributed by atoms with van der Waals surface area (Å²) in [5.74, 6) is -1.81. The number of benzene rings is 6. The van der Waals surface area contributed by atoms with Crippen molar-refractivity contribution in [3.05, 3.63) is 251 Å². The molecule has 0 saturated carbocycles. The third kappa shape index (κ3) is 15.6. The number of phenols is 1. The highest BCUT2D eigenvalue weighted by Crippen LogP contribution is 2.31. The van der Waals surface area contributed by atoms with Crippen LogP contribution in [0.25, 0.3) is 0 Å². The average Bonchev–Trinajstić information content (AvgIpc) is 3.38.